The molecule has 0 heterocycles. The van der Waals surface area contributed by atoms with Crippen molar-refractivity contribution in [2.75, 3.05) is 19.8 Å². The fourth-order valence-electron chi connectivity index (χ4n) is 2.94. The highest BCUT2D eigenvalue weighted by molar-refractivity contribution is 7.46. The van der Waals surface area contributed by atoms with E-state index >= 15 is 0 Å². The normalized spacial score (nSPS) is 14.4. The molecule has 0 aromatic heterocycles. The van der Waals surface area contributed by atoms with Gasteiger partial charge in [0.2, 0.25) is 0 Å². The third kappa shape index (κ3) is 9.29. The van der Waals surface area contributed by atoms with E-state index in [4.69, 9.17) is 20.3 Å². The second-order valence-corrected chi connectivity index (χ2v) is 8.92. The molecule has 2 aromatic rings. The van der Waals surface area contributed by atoms with Gasteiger partial charge in [0.25, 0.3) is 0 Å². The fraction of sp³-hybridized carbons (Fsp3) is 0.364. The Morgan fingerprint density at radius 3 is 2.48 bits per heavy atom. The molecule has 7 nitrogen and oxygen atoms in total. The van der Waals surface area contributed by atoms with E-state index in [9.17, 15) is 22.8 Å². The summed E-state index contributed by atoms with van der Waals surface area (Å²) in [6.07, 6.45) is -1.14. The maximum atomic E-state index is 13.6. The number of aryl methyl sites for hydroxylation is 2. The Bertz CT molecular complexity index is 1010. The van der Waals surface area contributed by atoms with Crippen molar-refractivity contribution >= 4 is 13.9 Å². The molecule has 182 valence electrons. The van der Waals surface area contributed by atoms with Gasteiger partial charge in [-0.3, -0.25) is 4.52 Å². The smallest absolute Gasteiger partial charge is 0.469 e. The average Bonchev–Trinajstić information content (AvgIpc) is 2.73. The lowest BCUT2D eigenvalue weighted by Gasteiger charge is -2.23. The summed E-state index contributed by atoms with van der Waals surface area (Å²) in [5.74, 6) is -0.310. The SMILES string of the molecule is Cc1cccc(CCCOc2ccc(/C=C/C(N)(CO)COP(=O)(O)O)cc2C(F)(F)F)c1. The molecule has 2 rings (SSSR count). The molecule has 0 amide bonds. The maximum Gasteiger partial charge on any atom is 0.469 e. The third-order valence-corrected chi connectivity index (χ3v) is 5.13. The van der Waals surface area contributed by atoms with E-state index in [0.29, 0.717) is 12.8 Å². The zero-order chi connectivity index (χ0) is 24.7. The van der Waals surface area contributed by atoms with E-state index in [0.717, 1.165) is 23.3 Å². The van der Waals surface area contributed by atoms with Crippen LogP contribution in [0.3, 0.4) is 0 Å². The van der Waals surface area contributed by atoms with Gasteiger partial charge in [0, 0.05) is 0 Å². The van der Waals surface area contributed by atoms with Crippen molar-refractivity contribution in [1.82, 2.24) is 0 Å². The molecule has 0 fully saturated rings. The topological polar surface area (TPSA) is 122 Å². The van der Waals surface area contributed by atoms with Gasteiger partial charge in [-0.2, -0.15) is 13.2 Å². The van der Waals surface area contributed by atoms with Crippen LogP contribution in [0.5, 0.6) is 5.75 Å². The number of hydrogen-bond acceptors (Lipinski definition) is 5. The Morgan fingerprint density at radius 2 is 1.88 bits per heavy atom. The number of ether oxygens (including phenoxy) is 1. The van der Waals surface area contributed by atoms with Gasteiger partial charge in [-0.05, 0) is 43.0 Å². The molecule has 0 bridgehead atoms. The van der Waals surface area contributed by atoms with Gasteiger partial charge < -0.3 is 25.4 Å². The summed E-state index contributed by atoms with van der Waals surface area (Å²) in [4.78, 5) is 17.5. The molecule has 0 saturated carbocycles. The van der Waals surface area contributed by atoms with Crippen molar-refractivity contribution in [2.45, 2.75) is 31.5 Å². The Labute approximate surface area is 189 Å². The summed E-state index contributed by atoms with van der Waals surface area (Å²) >= 11 is 0. The van der Waals surface area contributed by atoms with Crippen molar-refractivity contribution in [3.05, 3.63) is 70.8 Å². The highest BCUT2D eigenvalue weighted by atomic mass is 31.2. The number of aliphatic hydroxyl groups is 1. The van der Waals surface area contributed by atoms with E-state index in [1.54, 1.807) is 0 Å². The lowest BCUT2D eigenvalue weighted by Crippen LogP contribution is -2.45. The van der Waals surface area contributed by atoms with Gasteiger partial charge in [0.15, 0.2) is 0 Å². The standard InChI is InChI=1S/C22H27F3NO6P/c1-16-4-2-5-17(12-16)6-3-11-31-20-8-7-18(13-19(20)22(23,24)25)9-10-21(26,14-27)15-32-33(28,29)30/h2,4-5,7-10,12-13,27H,3,6,11,14-15,26H2,1H3,(H2,28,29,30)/b10-9+. The summed E-state index contributed by atoms with van der Waals surface area (Å²) in [6, 6.07) is 11.3. The summed E-state index contributed by atoms with van der Waals surface area (Å²) in [6.45, 7) is 0.574. The van der Waals surface area contributed by atoms with Gasteiger partial charge in [-0.1, -0.05) is 48.0 Å². The molecule has 0 spiro atoms. The summed E-state index contributed by atoms with van der Waals surface area (Å²) in [7, 11) is -4.83. The zero-order valence-electron chi connectivity index (χ0n) is 18.0. The van der Waals surface area contributed by atoms with Crippen molar-refractivity contribution in [3.63, 3.8) is 0 Å². The molecule has 2 aromatic carbocycles. The molecule has 0 saturated heterocycles. The van der Waals surface area contributed by atoms with Crippen LogP contribution in [0.4, 0.5) is 13.2 Å². The molecular formula is C22H27F3NO6P. The van der Waals surface area contributed by atoms with Crippen LogP contribution in [0.15, 0.2) is 48.5 Å². The number of benzene rings is 2. The number of phosphoric ester groups is 1. The molecular weight excluding hydrogens is 462 g/mol. The monoisotopic (exact) mass is 489 g/mol. The average molecular weight is 489 g/mol. The predicted molar refractivity (Wildman–Crippen MR) is 117 cm³/mol. The number of alkyl halides is 3. The minimum absolute atomic E-state index is 0.0995. The first-order valence-electron chi connectivity index (χ1n) is 10.00. The van der Waals surface area contributed by atoms with Crippen molar-refractivity contribution in [1.29, 1.82) is 0 Å². The minimum Gasteiger partial charge on any atom is -0.493 e. The number of rotatable bonds is 11. The number of phosphoric acid groups is 1. The van der Waals surface area contributed by atoms with Crippen molar-refractivity contribution in [3.8, 4) is 5.75 Å². The number of halogens is 3. The van der Waals surface area contributed by atoms with Crippen molar-refractivity contribution < 1.29 is 41.9 Å². The third-order valence-electron chi connectivity index (χ3n) is 4.66. The Balaban J connectivity index is 2.10. The first kappa shape index (κ1) is 27.0. The van der Waals surface area contributed by atoms with E-state index in [2.05, 4.69) is 4.52 Å². The van der Waals surface area contributed by atoms with Gasteiger partial charge in [-0.15, -0.1) is 0 Å². The molecule has 1 unspecified atom stereocenters. The van der Waals surface area contributed by atoms with Crippen molar-refractivity contribution in [2.24, 2.45) is 5.73 Å². The second-order valence-electron chi connectivity index (χ2n) is 7.68. The van der Waals surface area contributed by atoms with Crippen LogP contribution in [-0.2, 0) is 21.7 Å². The molecule has 0 radical (unpaired) electrons. The number of hydrogen-bond donors (Lipinski definition) is 4. The van der Waals surface area contributed by atoms with E-state index in [1.165, 1.54) is 18.2 Å². The Morgan fingerprint density at radius 1 is 1.15 bits per heavy atom. The highest BCUT2D eigenvalue weighted by Gasteiger charge is 2.34. The molecule has 0 aliphatic rings. The van der Waals surface area contributed by atoms with Gasteiger partial charge >= 0.3 is 14.0 Å². The van der Waals surface area contributed by atoms with Crippen LogP contribution in [0.1, 0.15) is 28.7 Å². The number of aliphatic hydroxyl groups excluding tert-OH is 1. The van der Waals surface area contributed by atoms with Crippen LogP contribution in [0.25, 0.3) is 6.08 Å². The molecule has 0 aliphatic heterocycles. The highest BCUT2D eigenvalue weighted by Crippen LogP contribution is 2.38. The van der Waals surface area contributed by atoms with Crippen LogP contribution in [-0.4, -0.2) is 40.3 Å². The van der Waals surface area contributed by atoms with Crippen LogP contribution < -0.4 is 10.5 Å². The number of nitrogens with two attached hydrogens (primary N) is 1. The van der Waals surface area contributed by atoms with E-state index in [1.807, 2.05) is 31.2 Å². The van der Waals surface area contributed by atoms with Crippen LogP contribution >= 0.6 is 7.82 Å². The van der Waals surface area contributed by atoms with E-state index in [-0.39, 0.29) is 17.9 Å². The summed E-state index contributed by atoms with van der Waals surface area (Å²) in [5.41, 5.74) is 5.40. The predicted octanol–water partition coefficient (Wildman–Crippen LogP) is 3.84. The van der Waals surface area contributed by atoms with Gasteiger partial charge in [-0.25, -0.2) is 4.57 Å². The second kappa shape index (κ2) is 11.3. The minimum atomic E-state index is -4.83. The molecule has 5 N–H and O–H groups in total. The molecule has 11 heteroatoms. The van der Waals surface area contributed by atoms with Gasteiger partial charge in [0.1, 0.15) is 5.75 Å². The maximum absolute atomic E-state index is 13.6. The first-order chi connectivity index (χ1) is 15.3. The molecule has 1 atom stereocenters. The largest absolute Gasteiger partial charge is 0.493 e. The quantitative estimate of drug-likeness (QED) is 0.280. The zero-order valence-corrected chi connectivity index (χ0v) is 18.9. The van der Waals surface area contributed by atoms with E-state index < -0.39 is 38.3 Å². The summed E-state index contributed by atoms with van der Waals surface area (Å²) in [5, 5.41) is 9.40. The first-order valence-corrected chi connectivity index (χ1v) is 11.5. The lowest BCUT2D eigenvalue weighted by atomic mass is 10.0. The Kier molecular flexibility index (Phi) is 9.25. The molecule has 33 heavy (non-hydrogen) atoms. The fourth-order valence-corrected chi connectivity index (χ4v) is 3.35. The lowest BCUT2D eigenvalue weighted by molar-refractivity contribution is -0.139. The molecule has 0 aliphatic carbocycles. The summed E-state index contributed by atoms with van der Waals surface area (Å²) < 4.78 is 61.2. The Hall–Kier alpha value is -2.20. The van der Waals surface area contributed by atoms with Crippen LogP contribution in [0.2, 0.25) is 0 Å². The van der Waals surface area contributed by atoms with Crippen LogP contribution in [0, 0.1) is 6.92 Å². The van der Waals surface area contributed by atoms with Gasteiger partial charge in [0.05, 0.1) is 30.9 Å².